The first kappa shape index (κ1) is 18.9. The summed E-state index contributed by atoms with van der Waals surface area (Å²) in [5.41, 5.74) is 0. The van der Waals surface area contributed by atoms with Gasteiger partial charge >= 0.3 is 0 Å². The van der Waals surface area contributed by atoms with E-state index in [0.717, 1.165) is 3.79 Å². The molecule has 0 saturated carbocycles. The van der Waals surface area contributed by atoms with Crippen LogP contribution in [-0.2, 0) is 14.8 Å². The number of carbonyl (C=O) groups is 1. The lowest BCUT2D eigenvalue weighted by atomic mass is 9.96. The fourth-order valence-electron chi connectivity index (χ4n) is 2.43. The Morgan fingerprint density at radius 2 is 1.91 bits per heavy atom. The zero-order valence-corrected chi connectivity index (χ0v) is 16.8. The third-order valence-corrected chi connectivity index (χ3v) is 8.33. The molecule has 1 atom stereocenters. The van der Waals surface area contributed by atoms with Crippen LogP contribution in [0.2, 0.25) is 0 Å². The molecular formula is C15H23BrN2O3S2. The largest absolute Gasteiger partial charge is 0.353 e. The van der Waals surface area contributed by atoms with Crippen molar-refractivity contribution in [3.63, 3.8) is 0 Å². The summed E-state index contributed by atoms with van der Waals surface area (Å²) in [4.78, 5) is 12.3. The maximum absolute atomic E-state index is 12.6. The minimum Gasteiger partial charge on any atom is -0.353 e. The Hall–Kier alpha value is -0.440. The highest BCUT2D eigenvalue weighted by atomic mass is 79.9. The maximum Gasteiger partial charge on any atom is 0.252 e. The smallest absolute Gasteiger partial charge is 0.252 e. The predicted octanol–water partition coefficient (Wildman–Crippen LogP) is 3.07. The molecule has 1 aliphatic heterocycles. The number of rotatable bonds is 5. The second-order valence-electron chi connectivity index (χ2n) is 6.28. The average molecular weight is 423 g/mol. The number of hydrogen-bond acceptors (Lipinski definition) is 4. The monoisotopic (exact) mass is 422 g/mol. The van der Waals surface area contributed by atoms with E-state index in [4.69, 9.17) is 0 Å². The summed E-state index contributed by atoms with van der Waals surface area (Å²) in [5, 5.41) is 3.03. The summed E-state index contributed by atoms with van der Waals surface area (Å²) in [6, 6.07) is 3.49. The maximum atomic E-state index is 12.6. The van der Waals surface area contributed by atoms with Crippen molar-refractivity contribution in [1.82, 2.24) is 9.62 Å². The van der Waals surface area contributed by atoms with Gasteiger partial charge in [0.1, 0.15) is 4.21 Å². The van der Waals surface area contributed by atoms with Gasteiger partial charge in [-0.1, -0.05) is 13.8 Å². The van der Waals surface area contributed by atoms with E-state index in [1.165, 1.54) is 15.6 Å². The Labute approximate surface area is 150 Å². The molecule has 5 nitrogen and oxygen atoms in total. The zero-order chi connectivity index (χ0) is 17.2. The Morgan fingerprint density at radius 3 is 2.39 bits per heavy atom. The molecule has 1 aliphatic rings. The summed E-state index contributed by atoms with van der Waals surface area (Å²) >= 11 is 4.51. The van der Waals surface area contributed by atoms with Gasteiger partial charge in [0.15, 0.2) is 0 Å². The van der Waals surface area contributed by atoms with Gasteiger partial charge < -0.3 is 5.32 Å². The van der Waals surface area contributed by atoms with Crippen LogP contribution in [0.15, 0.2) is 20.1 Å². The molecule has 2 heterocycles. The number of thiophene rings is 1. The van der Waals surface area contributed by atoms with Crippen LogP contribution in [0.25, 0.3) is 0 Å². The molecule has 0 aliphatic carbocycles. The fourth-order valence-corrected chi connectivity index (χ4v) is 6.06. The van der Waals surface area contributed by atoms with Crippen molar-refractivity contribution in [2.24, 2.45) is 11.8 Å². The van der Waals surface area contributed by atoms with E-state index in [1.807, 2.05) is 6.92 Å². The Balaban J connectivity index is 1.94. The molecule has 1 saturated heterocycles. The lowest BCUT2D eigenvalue weighted by Gasteiger charge is -2.31. The minimum absolute atomic E-state index is 0.0436. The second kappa shape index (κ2) is 7.63. The van der Waals surface area contributed by atoms with Crippen LogP contribution in [-0.4, -0.2) is 37.8 Å². The Bertz CT molecular complexity index is 649. The van der Waals surface area contributed by atoms with Gasteiger partial charge in [-0.2, -0.15) is 4.31 Å². The summed E-state index contributed by atoms with van der Waals surface area (Å²) in [6.45, 7) is 6.92. The molecule has 1 unspecified atom stereocenters. The highest BCUT2D eigenvalue weighted by molar-refractivity contribution is 9.11. The average Bonchev–Trinajstić information content (AvgIpc) is 2.94. The van der Waals surface area contributed by atoms with Crippen LogP contribution in [0.4, 0.5) is 0 Å². The topological polar surface area (TPSA) is 66.5 Å². The zero-order valence-electron chi connectivity index (χ0n) is 13.6. The molecule has 2 rings (SSSR count). The molecule has 1 fully saturated rings. The van der Waals surface area contributed by atoms with Gasteiger partial charge in [-0.25, -0.2) is 8.42 Å². The highest BCUT2D eigenvalue weighted by Crippen LogP contribution is 2.30. The van der Waals surface area contributed by atoms with E-state index in [-0.39, 0.29) is 17.9 Å². The molecule has 0 bridgehead atoms. The number of sulfonamides is 1. The van der Waals surface area contributed by atoms with Gasteiger partial charge in [0.25, 0.3) is 10.0 Å². The van der Waals surface area contributed by atoms with E-state index >= 15 is 0 Å². The van der Waals surface area contributed by atoms with Crippen LogP contribution < -0.4 is 5.32 Å². The van der Waals surface area contributed by atoms with Crippen molar-refractivity contribution in [3.8, 4) is 0 Å². The van der Waals surface area contributed by atoms with Crippen LogP contribution >= 0.6 is 27.3 Å². The number of amides is 1. The van der Waals surface area contributed by atoms with Crippen LogP contribution in [0, 0.1) is 11.8 Å². The van der Waals surface area contributed by atoms with E-state index < -0.39 is 10.0 Å². The van der Waals surface area contributed by atoms with Gasteiger partial charge in [-0.3, -0.25) is 4.79 Å². The number of halogens is 1. The molecule has 0 aromatic carbocycles. The van der Waals surface area contributed by atoms with Gasteiger partial charge in [0.05, 0.1) is 3.79 Å². The van der Waals surface area contributed by atoms with Gasteiger partial charge in [0, 0.05) is 25.0 Å². The van der Waals surface area contributed by atoms with Crippen molar-refractivity contribution in [3.05, 3.63) is 15.9 Å². The molecule has 130 valence electrons. The number of carbonyl (C=O) groups excluding carboxylic acids is 1. The van der Waals surface area contributed by atoms with Crippen LogP contribution in [0.3, 0.4) is 0 Å². The lowest BCUT2D eigenvalue weighted by Crippen LogP contribution is -2.45. The molecule has 0 spiro atoms. The van der Waals surface area contributed by atoms with Crippen LogP contribution in [0.1, 0.15) is 33.6 Å². The molecule has 1 N–H and O–H groups in total. The normalized spacial score (nSPS) is 19.0. The molecule has 1 aromatic heterocycles. The highest BCUT2D eigenvalue weighted by Gasteiger charge is 2.33. The molecule has 0 radical (unpaired) electrons. The predicted molar refractivity (Wildman–Crippen MR) is 95.9 cm³/mol. The van der Waals surface area contributed by atoms with Crippen molar-refractivity contribution < 1.29 is 13.2 Å². The Morgan fingerprint density at radius 1 is 1.30 bits per heavy atom. The van der Waals surface area contributed by atoms with E-state index in [9.17, 15) is 13.2 Å². The van der Waals surface area contributed by atoms with Crippen molar-refractivity contribution in [1.29, 1.82) is 0 Å². The van der Waals surface area contributed by atoms with E-state index in [2.05, 4.69) is 35.1 Å². The summed E-state index contributed by atoms with van der Waals surface area (Å²) < 4.78 is 27.8. The number of nitrogens with one attached hydrogen (secondary N) is 1. The molecule has 23 heavy (non-hydrogen) atoms. The molecule has 1 aromatic rings. The number of nitrogens with zero attached hydrogens (tertiary/aromatic N) is 1. The first-order valence-corrected chi connectivity index (χ1v) is 10.8. The second-order valence-corrected chi connectivity index (χ2v) is 10.9. The van der Waals surface area contributed by atoms with E-state index in [1.54, 1.807) is 12.1 Å². The van der Waals surface area contributed by atoms with Gasteiger partial charge in [0.2, 0.25) is 5.91 Å². The summed E-state index contributed by atoms with van der Waals surface area (Å²) in [7, 11) is -3.44. The van der Waals surface area contributed by atoms with Crippen molar-refractivity contribution >= 4 is 43.2 Å². The third-order valence-electron chi connectivity index (χ3n) is 4.34. The Kier molecular flexibility index (Phi) is 6.27. The van der Waals surface area contributed by atoms with Crippen molar-refractivity contribution in [2.45, 2.75) is 43.9 Å². The molecule has 1 amide bonds. The van der Waals surface area contributed by atoms with Crippen LogP contribution in [0.5, 0.6) is 0 Å². The SMILES string of the molecule is CC(C)C(C)NC(=O)C1CCN(S(=O)(=O)c2ccc(Br)s2)CC1. The standard InChI is InChI=1S/C15H23BrN2O3S2/c1-10(2)11(3)17-15(19)12-6-8-18(9-7-12)23(20,21)14-5-4-13(16)22-14/h4-5,10-12H,6-9H2,1-3H3,(H,17,19). The fraction of sp³-hybridized carbons (Fsp3) is 0.667. The minimum atomic E-state index is -3.44. The first-order chi connectivity index (χ1) is 10.7. The quantitative estimate of drug-likeness (QED) is 0.792. The number of hydrogen-bond donors (Lipinski definition) is 1. The first-order valence-electron chi connectivity index (χ1n) is 7.77. The van der Waals surface area contributed by atoms with Gasteiger partial charge in [-0.05, 0) is 53.7 Å². The van der Waals surface area contributed by atoms with E-state index in [0.29, 0.717) is 36.1 Å². The van der Waals surface area contributed by atoms with Gasteiger partial charge in [-0.15, -0.1) is 11.3 Å². The lowest BCUT2D eigenvalue weighted by molar-refractivity contribution is -0.127. The number of piperidine rings is 1. The molecular weight excluding hydrogens is 400 g/mol. The van der Waals surface area contributed by atoms with Crippen molar-refractivity contribution in [2.75, 3.05) is 13.1 Å². The third kappa shape index (κ3) is 4.55. The summed E-state index contributed by atoms with van der Waals surface area (Å²) in [6.07, 6.45) is 1.14. The summed E-state index contributed by atoms with van der Waals surface area (Å²) in [5.74, 6) is 0.330. The molecule has 8 heteroatoms.